The Labute approximate surface area is 215 Å². The maximum Gasteiger partial charge on any atom is 0.194 e. The molecule has 2 aromatic carbocycles. The standard InChI is InChI=1S/C30H40N2O4/c1-2-14-35-27-18-23(34-15-4-6-21-10-12-31-19-21)17-25-29(27)28-24(30(25)33)8-3-9-26(28)36-16-5-7-22-11-13-32-20-22/h3,8-9,17-18,21-22,31-32H,2,4-7,10-16,19-20H2,1H3. The first-order valence-corrected chi connectivity index (χ1v) is 13.9. The molecule has 2 unspecified atom stereocenters. The van der Waals surface area contributed by atoms with Crippen LogP contribution in [0.25, 0.3) is 11.1 Å². The number of ketones is 1. The zero-order valence-electron chi connectivity index (χ0n) is 21.6. The molecule has 2 atom stereocenters. The van der Waals surface area contributed by atoms with Crippen LogP contribution in [0.5, 0.6) is 17.2 Å². The smallest absolute Gasteiger partial charge is 0.194 e. The Morgan fingerprint density at radius 2 is 1.47 bits per heavy atom. The fourth-order valence-corrected chi connectivity index (χ4v) is 5.72. The molecule has 2 N–H and O–H groups in total. The lowest BCUT2D eigenvalue weighted by Gasteiger charge is -2.16. The van der Waals surface area contributed by atoms with Gasteiger partial charge in [0.2, 0.25) is 0 Å². The van der Waals surface area contributed by atoms with Crippen molar-refractivity contribution in [1.29, 1.82) is 0 Å². The van der Waals surface area contributed by atoms with Gasteiger partial charge in [0.05, 0.1) is 19.8 Å². The maximum atomic E-state index is 13.4. The first-order valence-electron chi connectivity index (χ1n) is 13.9. The van der Waals surface area contributed by atoms with Crippen LogP contribution < -0.4 is 24.8 Å². The summed E-state index contributed by atoms with van der Waals surface area (Å²) in [6.07, 6.45) is 7.76. The molecule has 2 aromatic rings. The van der Waals surface area contributed by atoms with Crippen molar-refractivity contribution in [1.82, 2.24) is 10.6 Å². The van der Waals surface area contributed by atoms with E-state index in [9.17, 15) is 4.79 Å². The molecule has 0 spiro atoms. The highest BCUT2D eigenvalue weighted by atomic mass is 16.5. The Hall–Kier alpha value is -2.57. The number of nitrogens with one attached hydrogen (secondary N) is 2. The number of hydrogen-bond donors (Lipinski definition) is 2. The first-order chi connectivity index (χ1) is 17.7. The van der Waals surface area contributed by atoms with Crippen LogP contribution in [0.3, 0.4) is 0 Å². The summed E-state index contributed by atoms with van der Waals surface area (Å²) in [7, 11) is 0. The lowest BCUT2D eigenvalue weighted by atomic mass is 10.0. The predicted octanol–water partition coefficient (Wildman–Crippen LogP) is 5.22. The van der Waals surface area contributed by atoms with Crippen molar-refractivity contribution >= 4 is 5.78 Å². The van der Waals surface area contributed by atoms with Crippen molar-refractivity contribution in [3.63, 3.8) is 0 Å². The zero-order chi connectivity index (χ0) is 24.7. The van der Waals surface area contributed by atoms with Crippen molar-refractivity contribution in [3.8, 4) is 28.4 Å². The van der Waals surface area contributed by atoms with Gasteiger partial charge in [0, 0.05) is 28.3 Å². The van der Waals surface area contributed by atoms with Gasteiger partial charge in [-0.25, -0.2) is 0 Å². The highest BCUT2D eigenvalue weighted by Crippen LogP contribution is 2.49. The van der Waals surface area contributed by atoms with Crippen LogP contribution in [0.4, 0.5) is 0 Å². The molecule has 6 heteroatoms. The van der Waals surface area contributed by atoms with Gasteiger partial charge in [0.15, 0.2) is 5.78 Å². The largest absolute Gasteiger partial charge is 0.493 e. The average Bonchev–Trinajstić information content (AvgIpc) is 3.66. The number of hydrogen-bond acceptors (Lipinski definition) is 6. The summed E-state index contributed by atoms with van der Waals surface area (Å²) < 4.78 is 18.6. The van der Waals surface area contributed by atoms with Crippen LogP contribution in [-0.4, -0.2) is 51.8 Å². The SMILES string of the molecule is CCCOc1cc(OCCCC2CCNC2)cc2c1-c1c(OCCCC3CCNC3)cccc1C2=O. The summed E-state index contributed by atoms with van der Waals surface area (Å²) in [5.74, 6) is 3.71. The first kappa shape index (κ1) is 25.1. The number of ether oxygens (including phenoxy) is 3. The molecule has 2 heterocycles. The van der Waals surface area contributed by atoms with Gasteiger partial charge in [-0.3, -0.25) is 4.79 Å². The van der Waals surface area contributed by atoms with E-state index >= 15 is 0 Å². The summed E-state index contributed by atoms with van der Waals surface area (Å²) in [6.45, 7) is 8.46. The minimum Gasteiger partial charge on any atom is -0.493 e. The van der Waals surface area contributed by atoms with Gasteiger partial charge in [0.25, 0.3) is 0 Å². The summed E-state index contributed by atoms with van der Waals surface area (Å²) in [4.78, 5) is 13.4. The van der Waals surface area contributed by atoms with E-state index in [1.165, 1.54) is 25.7 Å². The number of rotatable bonds is 13. The minimum absolute atomic E-state index is 0.0197. The molecule has 2 fully saturated rings. The third-order valence-electron chi connectivity index (χ3n) is 7.67. The Bertz CT molecular complexity index is 1040. The van der Waals surface area contributed by atoms with Crippen LogP contribution in [0.1, 0.15) is 67.8 Å². The Kier molecular flexibility index (Phi) is 8.44. The molecule has 0 aromatic heterocycles. The summed E-state index contributed by atoms with van der Waals surface area (Å²) in [5.41, 5.74) is 3.06. The van der Waals surface area contributed by atoms with E-state index in [1.807, 2.05) is 30.3 Å². The molecule has 36 heavy (non-hydrogen) atoms. The third kappa shape index (κ3) is 5.70. The highest BCUT2D eigenvalue weighted by molar-refractivity contribution is 6.23. The van der Waals surface area contributed by atoms with Gasteiger partial charge in [-0.05, 0) is 95.1 Å². The summed E-state index contributed by atoms with van der Waals surface area (Å²) in [5, 5.41) is 6.86. The molecular weight excluding hydrogens is 452 g/mol. The van der Waals surface area contributed by atoms with E-state index in [0.717, 1.165) is 74.2 Å². The minimum atomic E-state index is 0.0197. The summed E-state index contributed by atoms with van der Waals surface area (Å²) in [6, 6.07) is 9.64. The predicted molar refractivity (Wildman–Crippen MR) is 143 cm³/mol. The molecular formula is C30H40N2O4. The normalized spacial score (nSPS) is 20.4. The Balaban J connectivity index is 1.31. The second-order valence-corrected chi connectivity index (χ2v) is 10.4. The van der Waals surface area contributed by atoms with E-state index in [4.69, 9.17) is 14.2 Å². The number of carbonyl (C=O) groups excluding carboxylic acids is 1. The van der Waals surface area contributed by atoms with Gasteiger partial charge in [-0.2, -0.15) is 0 Å². The maximum absolute atomic E-state index is 13.4. The average molecular weight is 493 g/mol. The van der Waals surface area contributed by atoms with E-state index in [-0.39, 0.29) is 5.78 Å². The van der Waals surface area contributed by atoms with Gasteiger partial charge < -0.3 is 24.8 Å². The monoisotopic (exact) mass is 492 g/mol. The lowest BCUT2D eigenvalue weighted by molar-refractivity contribution is 0.104. The zero-order valence-corrected chi connectivity index (χ0v) is 21.6. The van der Waals surface area contributed by atoms with Crippen LogP contribution in [0.2, 0.25) is 0 Å². The third-order valence-corrected chi connectivity index (χ3v) is 7.67. The Morgan fingerprint density at radius 1 is 0.806 bits per heavy atom. The van der Waals surface area contributed by atoms with E-state index in [0.29, 0.717) is 42.4 Å². The van der Waals surface area contributed by atoms with Crippen LogP contribution in [0, 0.1) is 11.8 Å². The molecule has 0 bridgehead atoms. The molecule has 2 saturated heterocycles. The van der Waals surface area contributed by atoms with E-state index in [1.54, 1.807) is 0 Å². The van der Waals surface area contributed by atoms with Crippen LogP contribution in [-0.2, 0) is 0 Å². The van der Waals surface area contributed by atoms with Gasteiger partial charge in [-0.1, -0.05) is 19.1 Å². The van der Waals surface area contributed by atoms with Crippen LogP contribution in [0.15, 0.2) is 30.3 Å². The van der Waals surface area contributed by atoms with Crippen molar-refractivity contribution < 1.29 is 19.0 Å². The van der Waals surface area contributed by atoms with Crippen molar-refractivity contribution in [2.45, 2.75) is 51.9 Å². The fraction of sp³-hybridized carbons (Fsp3) is 0.567. The number of fused-ring (bicyclic) bond motifs is 3. The van der Waals surface area contributed by atoms with Gasteiger partial charge in [-0.15, -0.1) is 0 Å². The number of benzene rings is 2. The second kappa shape index (κ2) is 12.1. The molecule has 5 rings (SSSR count). The molecule has 0 saturated carbocycles. The molecule has 1 aliphatic carbocycles. The Morgan fingerprint density at radius 3 is 2.14 bits per heavy atom. The molecule has 2 aliphatic heterocycles. The lowest BCUT2D eigenvalue weighted by Crippen LogP contribution is -2.10. The topological polar surface area (TPSA) is 68.8 Å². The molecule has 3 aliphatic rings. The molecule has 6 nitrogen and oxygen atoms in total. The molecule has 0 radical (unpaired) electrons. The van der Waals surface area contributed by atoms with E-state index < -0.39 is 0 Å². The molecule has 194 valence electrons. The second-order valence-electron chi connectivity index (χ2n) is 10.4. The van der Waals surface area contributed by atoms with Crippen molar-refractivity contribution in [2.24, 2.45) is 11.8 Å². The number of carbonyl (C=O) groups is 1. The highest BCUT2D eigenvalue weighted by Gasteiger charge is 2.33. The fourth-order valence-electron chi connectivity index (χ4n) is 5.72. The van der Waals surface area contributed by atoms with Gasteiger partial charge in [0.1, 0.15) is 17.2 Å². The van der Waals surface area contributed by atoms with E-state index in [2.05, 4.69) is 17.6 Å². The van der Waals surface area contributed by atoms with Crippen molar-refractivity contribution in [3.05, 3.63) is 41.5 Å². The quantitative estimate of drug-likeness (QED) is 0.319. The van der Waals surface area contributed by atoms with Gasteiger partial charge >= 0.3 is 0 Å². The summed E-state index contributed by atoms with van der Waals surface area (Å²) >= 11 is 0. The van der Waals surface area contributed by atoms with Crippen LogP contribution >= 0.6 is 0 Å². The van der Waals surface area contributed by atoms with Crippen molar-refractivity contribution in [2.75, 3.05) is 46.0 Å². The molecule has 0 amide bonds.